The maximum Gasteiger partial charge on any atom is 0.307 e. The van der Waals surface area contributed by atoms with Gasteiger partial charge in [0.05, 0.1) is 17.9 Å². The molecule has 1 aromatic carbocycles. The van der Waals surface area contributed by atoms with Crippen molar-refractivity contribution in [3.63, 3.8) is 0 Å². The fourth-order valence-electron chi connectivity index (χ4n) is 2.72. The Kier molecular flexibility index (Phi) is 3.41. The lowest BCUT2D eigenvalue weighted by molar-refractivity contribution is -0.153. The number of nitrogens with one attached hydrogen (secondary N) is 1. The summed E-state index contributed by atoms with van der Waals surface area (Å²) in [5.41, 5.74) is 0.778. The molecule has 1 fully saturated rings. The van der Waals surface area contributed by atoms with Crippen LogP contribution in [0.1, 0.15) is 31.6 Å². The number of furan rings is 1. The predicted octanol–water partition coefficient (Wildman–Crippen LogP) is 2.72. The van der Waals surface area contributed by atoms with Gasteiger partial charge in [-0.05, 0) is 31.9 Å². The number of hydrogen-bond donors (Lipinski definition) is 2. The lowest BCUT2D eigenvalue weighted by atomic mass is 9.73. The van der Waals surface area contributed by atoms with E-state index in [4.69, 9.17) is 9.52 Å². The lowest BCUT2D eigenvalue weighted by Gasteiger charge is -2.32. The maximum atomic E-state index is 12.1. The average molecular weight is 287 g/mol. The minimum Gasteiger partial charge on any atom is -0.481 e. The van der Waals surface area contributed by atoms with Crippen molar-refractivity contribution in [2.75, 3.05) is 0 Å². The number of aliphatic carboxylic acids is 1. The first-order valence-electron chi connectivity index (χ1n) is 7.08. The van der Waals surface area contributed by atoms with Crippen LogP contribution in [-0.4, -0.2) is 17.0 Å². The first-order chi connectivity index (χ1) is 10.1. The van der Waals surface area contributed by atoms with Crippen LogP contribution < -0.4 is 5.32 Å². The highest BCUT2D eigenvalue weighted by atomic mass is 16.4. The van der Waals surface area contributed by atoms with E-state index in [1.54, 1.807) is 0 Å². The highest BCUT2D eigenvalue weighted by Crippen LogP contribution is 2.35. The number of fused-ring (bicyclic) bond motifs is 1. The van der Waals surface area contributed by atoms with Gasteiger partial charge in [0, 0.05) is 5.39 Å². The average Bonchev–Trinajstić information content (AvgIpc) is 2.80. The van der Waals surface area contributed by atoms with Crippen LogP contribution in [-0.2, 0) is 9.59 Å². The second kappa shape index (κ2) is 5.24. The van der Waals surface area contributed by atoms with Crippen molar-refractivity contribution in [2.24, 2.45) is 11.8 Å². The minimum atomic E-state index is -0.891. The Morgan fingerprint density at radius 1 is 1.29 bits per heavy atom. The van der Waals surface area contributed by atoms with E-state index in [0.717, 1.165) is 11.0 Å². The highest BCUT2D eigenvalue weighted by molar-refractivity contribution is 5.86. The number of amides is 1. The van der Waals surface area contributed by atoms with Gasteiger partial charge < -0.3 is 14.8 Å². The summed E-state index contributed by atoms with van der Waals surface area (Å²) in [6.45, 7) is 1.84. The second-order valence-electron chi connectivity index (χ2n) is 5.55. The van der Waals surface area contributed by atoms with E-state index in [1.165, 1.54) is 0 Å². The molecule has 2 N–H and O–H groups in total. The number of carbonyl (C=O) groups is 2. The number of benzene rings is 1. The normalized spacial score (nSPS) is 22.5. The number of rotatable bonds is 4. The molecule has 1 heterocycles. The Balaban J connectivity index is 1.69. The van der Waals surface area contributed by atoms with Crippen molar-refractivity contribution in [3.05, 3.63) is 36.1 Å². The summed E-state index contributed by atoms with van der Waals surface area (Å²) in [7, 11) is 0. The molecular formula is C16H17NO4. The van der Waals surface area contributed by atoms with E-state index in [-0.39, 0.29) is 11.9 Å². The Morgan fingerprint density at radius 3 is 2.62 bits per heavy atom. The molecule has 3 atom stereocenters. The standard InChI is InChI=1S/C16H17NO4/c1-9(14-8-10-4-2-3-5-13(10)21-14)17-15(18)11-6-7-12(11)16(19)20/h2-5,8-9,11-12H,6-7H2,1H3,(H,17,18)(H,19,20)/t9-,11?,12?/m0/s1. The van der Waals surface area contributed by atoms with Crippen LogP contribution in [0.15, 0.2) is 34.7 Å². The van der Waals surface area contributed by atoms with Crippen molar-refractivity contribution in [1.82, 2.24) is 5.32 Å². The summed E-state index contributed by atoms with van der Waals surface area (Å²) in [6.07, 6.45) is 1.21. The predicted molar refractivity (Wildman–Crippen MR) is 76.6 cm³/mol. The molecule has 1 aliphatic rings. The second-order valence-corrected chi connectivity index (χ2v) is 5.55. The van der Waals surface area contributed by atoms with Crippen LogP contribution in [0.3, 0.4) is 0 Å². The van der Waals surface area contributed by atoms with Gasteiger partial charge >= 0.3 is 5.97 Å². The Hall–Kier alpha value is -2.30. The van der Waals surface area contributed by atoms with Crippen molar-refractivity contribution in [2.45, 2.75) is 25.8 Å². The largest absolute Gasteiger partial charge is 0.481 e. The van der Waals surface area contributed by atoms with Gasteiger partial charge in [0.1, 0.15) is 11.3 Å². The van der Waals surface area contributed by atoms with E-state index < -0.39 is 17.8 Å². The minimum absolute atomic E-state index is 0.207. The highest BCUT2D eigenvalue weighted by Gasteiger charge is 2.41. The smallest absolute Gasteiger partial charge is 0.307 e. The van der Waals surface area contributed by atoms with E-state index in [0.29, 0.717) is 18.6 Å². The molecule has 110 valence electrons. The van der Waals surface area contributed by atoms with Crippen LogP contribution >= 0.6 is 0 Å². The lowest BCUT2D eigenvalue weighted by Crippen LogP contribution is -2.44. The van der Waals surface area contributed by atoms with Gasteiger partial charge in [-0.2, -0.15) is 0 Å². The number of para-hydroxylation sites is 1. The van der Waals surface area contributed by atoms with Crippen LogP contribution in [0, 0.1) is 11.8 Å². The molecule has 1 amide bonds. The summed E-state index contributed by atoms with van der Waals surface area (Å²) >= 11 is 0. The zero-order chi connectivity index (χ0) is 15.0. The van der Waals surface area contributed by atoms with E-state index in [2.05, 4.69) is 5.32 Å². The summed E-state index contributed by atoms with van der Waals surface area (Å²) in [5.74, 6) is -1.39. The van der Waals surface area contributed by atoms with Crippen LogP contribution in [0.4, 0.5) is 0 Å². The summed E-state index contributed by atoms with van der Waals surface area (Å²) in [5, 5.41) is 12.8. The zero-order valence-corrected chi connectivity index (χ0v) is 11.7. The number of hydrogen-bond acceptors (Lipinski definition) is 3. The van der Waals surface area contributed by atoms with Crippen molar-refractivity contribution in [3.8, 4) is 0 Å². The van der Waals surface area contributed by atoms with Crippen LogP contribution in [0.5, 0.6) is 0 Å². The van der Waals surface area contributed by atoms with Gasteiger partial charge in [0.25, 0.3) is 0 Å². The summed E-state index contributed by atoms with van der Waals surface area (Å²) < 4.78 is 5.71. The molecule has 0 aliphatic heterocycles. The Bertz CT molecular complexity index is 657. The molecule has 0 radical (unpaired) electrons. The van der Waals surface area contributed by atoms with Crippen molar-refractivity contribution >= 4 is 22.8 Å². The van der Waals surface area contributed by atoms with Crippen LogP contribution in [0.25, 0.3) is 11.0 Å². The summed E-state index contributed by atoms with van der Waals surface area (Å²) in [6, 6.07) is 9.26. The molecule has 0 bridgehead atoms. The zero-order valence-electron chi connectivity index (χ0n) is 11.7. The SMILES string of the molecule is C[C@H](NC(=O)C1CCC1C(=O)O)c1cc2ccccc2o1. The van der Waals surface area contributed by atoms with Crippen molar-refractivity contribution < 1.29 is 19.1 Å². The molecule has 2 aromatic rings. The third kappa shape index (κ3) is 2.51. The molecule has 3 rings (SSSR count). The van der Waals surface area contributed by atoms with E-state index in [1.807, 2.05) is 37.3 Å². The van der Waals surface area contributed by atoms with Crippen molar-refractivity contribution in [1.29, 1.82) is 0 Å². The van der Waals surface area contributed by atoms with Gasteiger partial charge in [0.2, 0.25) is 5.91 Å². The van der Waals surface area contributed by atoms with Gasteiger partial charge in [-0.3, -0.25) is 9.59 Å². The molecule has 5 heteroatoms. The fourth-order valence-corrected chi connectivity index (χ4v) is 2.72. The first-order valence-corrected chi connectivity index (χ1v) is 7.08. The Morgan fingerprint density at radius 2 is 2.00 bits per heavy atom. The quantitative estimate of drug-likeness (QED) is 0.906. The van der Waals surface area contributed by atoms with Gasteiger partial charge in [0.15, 0.2) is 0 Å². The van der Waals surface area contributed by atoms with Gasteiger partial charge in [-0.25, -0.2) is 0 Å². The molecular weight excluding hydrogens is 270 g/mol. The number of carbonyl (C=O) groups excluding carboxylic acids is 1. The van der Waals surface area contributed by atoms with Gasteiger partial charge in [-0.15, -0.1) is 0 Å². The van der Waals surface area contributed by atoms with Gasteiger partial charge in [-0.1, -0.05) is 18.2 Å². The van der Waals surface area contributed by atoms with Crippen LogP contribution in [0.2, 0.25) is 0 Å². The molecule has 1 aliphatic carbocycles. The monoisotopic (exact) mass is 287 g/mol. The number of carboxylic acids is 1. The number of carboxylic acid groups (broad SMARTS) is 1. The molecule has 21 heavy (non-hydrogen) atoms. The Labute approximate surface area is 121 Å². The summed E-state index contributed by atoms with van der Waals surface area (Å²) in [4.78, 5) is 23.1. The first kappa shape index (κ1) is 13.7. The maximum absolute atomic E-state index is 12.1. The third-order valence-corrected chi connectivity index (χ3v) is 4.16. The molecule has 0 saturated heterocycles. The van der Waals surface area contributed by atoms with E-state index in [9.17, 15) is 9.59 Å². The molecule has 1 saturated carbocycles. The molecule has 1 aromatic heterocycles. The topological polar surface area (TPSA) is 79.5 Å². The molecule has 2 unspecified atom stereocenters. The fraction of sp³-hybridized carbons (Fsp3) is 0.375. The van der Waals surface area contributed by atoms with E-state index >= 15 is 0 Å². The third-order valence-electron chi connectivity index (χ3n) is 4.16. The molecule has 0 spiro atoms. The molecule has 5 nitrogen and oxygen atoms in total.